The third-order valence-electron chi connectivity index (χ3n) is 3.42. The quantitative estimate of drug-likeness (QED) is 0.756. The van der Waals surface area contributed by atoms with Crippen LogP contribution < -0.4 is 5.32 Å². The van der Waals surface area contributed by atoms with Gasteiger partial charge in [-0.05, 0) is 31.4 Å². The average molecular weight is 271 g/mol. The molecule has 0 bridgehead atoms. The molecule has 3 heteroatoms. The van der Waals surface area contributed by atoms with Crippen molar-refractivity contribution >= 4 is 0 Å². The Balaban J connectivity index is 1.79. The summed E-state index contributed by atoms with van der Waals surface area (Å²) in [6.07, 6.45) is 2.08. The second kappa shape index (κ2) is 6.96. The highest BCUT2D eigenvalue weighted by Crippen LogP contribution is 2.22. The molecule has 0 aromatic heterocycles. The van der Waals surface area contributed by atoms with E-state index in [4.69, 9.17) is 0 Å². The molecule has 20 heavy (non-hydrogen) atoms. The average Bonchev–Trinajstić information content (AvgIpc) is 2.45. The molecule has 0 aliphatic rings. The van der Waals surface area contributed by atoms with Crippen LogP contribution in [-0.4, -0.2) is 16.3 Å². The first-order valence-corrected chi connectivity index (χ1v) is 6.93. The normalized spacial score (nSPS) is 12.2. The van der Waals surface area contributed by atoms with Crippen LogP contribution >= 0.6 is 0 Å². The highest BCUT2D eigenvalue weighted by molar-refractivity contribution is 5.38. The summed E-state index contributed by atoms with van der Waals surface area (Å²) in [6, 6.07) is 15.5. The molecule has 0 aliphatic heterocycles. The van der Waals surface area contributed by atoms with Crippen molar-refractivity contribution in [2.24, 2.45) is 0 Å². The minimum Gasteiger partial charge on any atom is -0.508 e. The smallest absolute Gasteiger partial charge is 0.123 e. The molecule has 0 amide bonds. The molecule has 106 valence electrons. The van der Waals surface area contributed by atoms with E-state index in [1.54, 1.807) is 12.1 Å². The van der Waals surface area contributed by atoms with E-state index in [1.165, 1.54) is 11.6 Å². The molecule has 1 atom stereocenters. The topological polar surface area (TPSA) is 52.5 Å². The highest BCUT2D eigenvalue weighted by Gasteiger charge is 2.05. The van der Waals surface area contributed by atoms with E-state index in [0.29, 0.717) is 12.6 Å². The minimum atomic E-state index is 0.0865. The fourth-order valence-corrected chi connectivity index (χ4v) is 2.12. The third-order valence-corrected chi connectivity index (χ3v) is 3.42. The number of aromatic hydroxyl groups is 2. The van der Waals surface area contributed by atoms with Gasteiger partial charge in [-0.3, -0.25) is 0 Å². The highest BCUT2D eigenvalue weighted by atomic mass is 16.3. The molecule has 0 fully saturated rings. The maximum atomic E-state index is 9.71. The molecule has 0 spiro atoms. The van der Waals surface area contributed by atoms with Crippen LogP contribution in [0.2, 0.25) is 0 Å². The van der Waals surface area contributed by atoms with Gasteiger partial charge in [0, 0.05) is 24.2 Å². The molecule has 0 aliphatic carbocycles. The largest absolute Gasteiger partial charge is 0.508 e. The molecule has 3 N–H and O–H groups in total. The summed E-state index contributed by atoms with van der Waals surface area (Å²) in [5, 5.41) is 22.3. The van der Waals surface area contributed by atoms with E-state index in [2.05, 4.69) is 36.5 Å². The lowest BCUT2D eigenvalue weighted by molar-refractivity contribution is 0.439. The monoisotopic (exact) mass is 271 g/mol. The van der Waals surface area contributed by atoms with E-state index in [1.807, 2.05) is 6.07 Å². The Kier molecular flexibility index (Phi) is 5.02. The summed E-state index contributed by atoms with van der Waals surface area (Å²) < 4.78 is 0. The maximum Gasteiger partial charge on any atom is 0.123 e. The molecular formula is C17H21NO2. The van der Waals surface area contributed by atoms with Crippen molar-refractivity contribution < 1.29 is 10.2 Å². The standard InChI is InChI=1S/C17H21NO2/c1-13(7-8-14-5-3-2-4-6-14)18-12-15-9-10-16(19)11-17(15)20/h2-6,9-11,13,18-20H,7-8,12H2,1H3. The van der Waals surface area contributed by atoms with Crippen molar-refractivity contribution in [2.45, 2.75) is 32.4 Å². The van der Waals surface area contributed by atoms with E-state index >= 15 is 0 Å². The zero-order valence-corrected chi connectivity index (χ0v) is 11.7. The van der Waals surface area contributed by atoms with Crippen molar-refractivity contribution in [3.8, 4) is 11.5 Å². The first-order chi connectivity index (χ1) is 9.65. The summed E-state index contributed by atoms with van der Waals surface area (Å²) in [4.78, 5) is 0. The molecule has 2 rings (SSSR count). The molecule has 0 saturated carbocycles. The molecule has 0 heterocycles. The number of hydrogen-bond acceptors (Lipinski definition) is 3. The Morgan fingerprint density at radius 2 is 1.80 bits per heavy atom. The zero-order valence-electron chi connectivity index (χ0n) is 11.7. The lowest BCUT2D eigenvalue weighted by atomic mass is 10.1. The summed E-state index contributed by atoms with van der Waals surface area (Å²) in [6.45, 7) is 2.74. The zero-order chi connectivity index (χ0) is 14.4. The summed E-state index contributed by atoms with van der Waals surface area (Å²) >= 11 is 0. The van der Waals surface area contributed by atoms with Crippen molar-refractivity contribution in [3.05, 3.63) is 59.7 Å². The van der Waals surface area contributed by atoms with Crippen LogP contribution in [-0.2, 0) is 13.0 Å². The van der Waals surface area contributed by atoms with Crippen LogP contribution in [0.1, 0.15) is 24.5 Å². The predicted octanol–water partition coefficient (Wildman–Crippen LogP) is 3.21. The van der Waals surface area contributed by atoms with Crippen molar-refractivity contribution in [2.75, 3.05) is 0 Å². The van der Waals surface area contributed by atoms with Crippen LogP contribution in [0.15, 0.2) is 48.5 Å². The summed E-state index contributed by atoms with van der Waals surface area (Å²) in [7, 11) is 0. The second-order valence-electron chi connectivity index (χ2n) is 5.12. The van der Waals surface area contributed by atoms with Gasteiger partial charge in [-0.15, -0.1) is 0 Å². The van der Waals surface area contributed by atoms with Gasteiger partial charge in [-0.25, -0.2) is 0 Å². The van der Waals surface area contributed by atoms with Crippen LogP contribution in [0.5, 0.6) is 11.5 Å². The Hall–Kier alpha value is -2.00. The van der Waals surface area contributed by atoms with E-state index in [0.717, 1.165) is 18.4 Å². The fourth-order valence-electron chi connectivity index (χ4n) is 2.12. The van der Waals surface area contributed by atoms with Gasteiger partial charge in [-0.2, -0.15) is 0 Å². The fraction of sp³-hybridized carbons (Fsp3) is 0.294. The van der Waals surface area contributed by atoms with Gasteiger partial charge in [0.2, 0.25) is 0 Å². The lowest BCUT2D eigenvalue weighted by Gasteiger charge is -2.14. The first kappa shape index (κ1) is 14.4. The minimum absolute atomic E-state index is 0.0865. The molecule has 1 unspecified atom stereocenters. The van der Waals surface area contributed by atoms with Gasteiger partial charge >= 0.3 is 0 Å². The lowest BCUT2D eigenvalue weighted by Crippen LogP contribution is -2.26. The van der Waals surface area contributed by atoms with Crippen molar-refractivity contribution in [1.82, 2.24) is 5.32 Å². The van der Waals surface area contributed by atoms with Crippen molar-refractivity contribution in [3.63, 3.8) is 0 Å². The SMILES string of the molecule is CC(CCc1ccccc1)NCc1ccc(O)cc1O. The Labute approximate surface area is 119 Å². The van der Waals surface area contributed by atoms with Gasteiger partial charge in [0.1, 0.15) is 11.5 Å². The third kappa shape index (κ3) is 4.28. The number of aryl methyl sites for hydroxylation is 1. The van der Waals surface area contributed by atoms with Crippen LogP contribution in [0.4, 0.5) is 0 Å². The van der Waals surface area contributed by atoms with E-state index in [9.17, 15) is 10.2 Å². The summed E-state index contributed by atoms with van der Waals surface area (Å²) in [5.41, 5.74) is 2.14. The van der Waals surface area contributed by atoms with Crippen LogP contribution in [0, 0.1) is 0 Å². The number of nitrogens with one attached hydrogen (secondary N) is 1. The second-order valence-corrected chi connectivity index (χ2v) is 5.12. The van der Waals surface area contributed by atoms with Gasteiger partial charge in [0.15, 0.2) is 0 Å². The molecule has 0 saturated heterocycles. The van der Waals surface area contributed by atoms with Gasteiger partial charge in [0.05, 0.1) is 0 Å². The van der Waals surface area contributed by atoms with Crippen LogP contribution in [0.25, 0.3) is 0 Å². The Bertz CT molecular complexity index is 540. The maximum absolute atomic E-state index is 9.71. The molecule has 2 aromatic rings. The molecule has 0 radical (unpaired) electrons. The number of phenolic OH excluding ortho intramolecular Hbond substituents is 2. The predicted molar refractivity (Wildman–Crippen MR) is 80.8 cm³/mol. The summed E-state index contributed by atoms with van der Waals surface area (Å²) in [5.74, 6) is 0.219. The van der Waals surface area contributed by atoms with Gasteiger partial charge in [-0.1, -0.05) is 36.4 Å². The van der Waals surface area contributed by atoms with E-state index in [-0.39, 0.29) is 11.5 Å². The first-order valence-electron chi connectivity index (χ1n) is 6.93. The Morgan fingerprint density at radius 1 is 1.05 bits per heavy atom. The number of hydrogen-bond donors (Lipinski definition) is 3. The number of rotatable bonds is 6. The van der Waals surface area contributed by atoms with Gasteiger partial charge in [0.25, 0.3) is 0 Å². The van der Waals surface area contributed by atoms with E-state index < -0.39 is 0 Å². The molecule has 2 aromatic carbocycles. The number of phenols is 2. The molecular weight excluding hydrogens is 250 g/mol. The Morgan fingerprint density at radius 3 is 2.50 bits per heavy atom. The van der Waals surface area contributed by atoms with Crippen molar-refractivity contribution in [1.29, 1.82) is 0 Å². The molecule has 3 nitrogen and oxygen atoms in total. The number of benzene rings is 2. The van der Waals surface area contributed by atoms with Gasteiger partial charge < -0.3 is 15.5 Å². The van der Waals surface area contributed by atoms with Crippen LogP contribution in [0.3, 0.4) is 0 Å².